The van der Waals surface area contributed by atoms with Gasteiger partial charge in [-0.2, -0.15) is 5.10 Å². The Labute approximate surface area is 117 Å². The van der Waals surface area contributed by atoms with Crippen LogP contribution in [-0.2, 0) is 20.1 Å². The Bertz CT molecular complexity index is 585. The van der Waals surface area contributed by atoms with Gasteiger partial charge in [0.05, 0.1) is 18.3 Å². The van der Waals surface area contributed by atoms with Gasteiger partial charge in [-0.05, 0) is 19.9 Å². The van der Waals surface area contributed by atoms with Crippen molar-refractivity contribution in [3.63, 3.8) is 0 Å². The monoisotopic (exact) mass is 276 g/mol. The molecule has 0 saturated carbocycles. The van der Waals surface area contributed by atoms with Crippen molar-refractivity contribution in [2.24, 2.45) is 12.8 Å². The Hall–Kier alpha value is -2.15. The summed E-state index contributed by atoms with van der Waals surface area (Å²) in [4.78, 5) is 16.3. The Balaban J connectivity index is 1.99. The summed E-state index contributed by atoms with van der Waals surface area (Å²) in [5.74, 6) is 0.677. The lowest BCUT2D eigenvalue weighted by molar-refractivity contribution is 0.0949. The highest BCUT2D eigenvalue weighted by atomic mass is 16.1. The van der Waals surface area contributed by atoms with Crippen LogP contribution < -0.4 is 11.1 Å². The van der Waals surface area contributed by atoms with Crippen molar-refractivity contribution in [1.29, 1.82) is 0 Å². The zero-order chi connectivity index (χ0) is 14.5. The Kier molecular flexibility index (Phi) is 4.52. The van der Waals surface area contributed by atoms with Crippen LogP contribution >= 0.6 is 0 Å². The van der Waals surface area contributed by atoms with Gasteiger partial charge in [0.1, 0.15) is 5.82 Å². The van der Waals surface area contributed by atoms with Crippen LogP contribution in [0.4, 0.5) is 0 Å². The fourth-order valence-electron chi connectivity index (χ4n) is 1.96. The van der Waals surface area contributed by atoms with Crippen molar-refractivity contribution in [3.8, 4) is 0 Å². The summed E-state index contributed by atoms with van der Waals surface area (Å²) < 4.78 is 3.68. The molecule has 0 aliphatic carbocycles. The van der Waals surface area contributed by atoms with E-state index >= 15 is 0 Å². The summed E-state index contributed by atoms with van der Waals surface area (Å²) in [6.07, 6.45) is 5.99. The van der Waals surface area contributed by atoms with E-state index in [0.717, 1.165) is 24.5 Å². The highest BCUT2D eigenvalue weighted by Crippen LogP contribution is 2.08. The van der Waals surface area contributed by atoms with E-state index in [-0.39, 0.29) is 5.91 Å². The van der Waals surface area contributed by atoms with E-state index in [2.05, 4.69) is 15.4 Å². The fourth-order valence-corrected chi connectivity index (χ4v) is 1.96. The SMILES string of the molecule is Cc1c(C(=O)NCc2nccn2C)cnn1CCCN. The molecular weight excluding hydrogens is 256 g/mol. The van der Waals surface area contributed by atoms with Gasteiger partial charge >= 0.3 is 0 Å². The van der Waals surface area contributed by atoms with E-state index in [1.807, 2.05) is 29.4 Å². The maximum Gasteiger partial charge on any atom is 0.255 e. The van der Waals surface area contributed by atoms with Gasteiger partial charge in [-0.3, -0.25) is 9.48 Å². The first-order valence-corrected chi connectivity index (χ1v) is 6.60. The van der Waals surface area contributed by atoms with E-state index in [4.69, 9.17) is 5.73 Å². The van der Waals surface area contributed by atoms with E-state index in [1.54, 1.807) is 12.4 Å². The maximum absolute atomic E-state index is 12.1. The predicted octanol–water partition coefficient (Wildman–Crippen LogP) is 0.204. The average Bonchev–Trinajstić information content (AvgIpc) is 3.00. The average molecular weight is 276 g/mol. The standard InChI is InChI=1S/C13H20N6O/c1-10-11(8-17-19(10)6-3-4-14)13(20)16-9-12-15-5-7-18(12)2/h5,7-8H,3-4,6,9,14H2,1-2H3,(H,16,20). The van der Waals surface area contributed by atoms with Crippen LogP contribution in [0.15, 0.2) is 18.6 Å². The van der Waals surface area contributed by atoms with E-state index in [1.165, 1.54) is 0 Å². The summed E-state index contributed by atoms with van der Waals surface area (Å²) in [6.45, 7) is 3.63. The highest BCUT2D eigenvalue weighted by Gasteiger charge is 2.14. The van der Waals surface area contributed by atoms with Gasteiger partial charge in [-0.15, -0.1) is 0 Å². The van der Waals surface area contributed by atoms with Crippen molar-refractivity contribution in [2.75, 3.05) is 6.54 Å². The van der Waals surface area contributed by atoms with Crippen molar-refractivity contribution in [2.45, 2.75) is 26.4 Å². The number of nitrogens with zero attached hydrogens (tertiary/aromatic N) is 4. The number of carbonyl (C=O) groups is 1. The lowest BCUT2D eigenvalue weighted by atomic mass is 10.2. The molecule has 0 spiro atoms. The summed E-state index contributed by atoms with van der Waals surface area (Å²) in [6, 6.07) is 0. The smallest absolute Gasteiger partial charge is 0.255 e. The second kappa shape index (κ2) is 6.33. The van der Waals surface area contributed by atoms with Crippen LogP contribution in [0.1, 0.15) is 28.3 Å². The molecule has 2 aromatic heterocycles. The Morgan fingerprint density at radius 3 is 2.95 bits per heavy atom. The number of hydrogen-bond acceptors (Lipinski definition) is 4. The summed E-state index contributed by atoms with van der Waals surface area (Å²) >= 11 is 0. The molecule has 0 aromatic carbocycles. The molecule has 7 heteroatoms. The lowest BCUT2D eigenvalue weighted by Crippen LogP contribution is -2.25. The first-order valence-electron chi connectivity index (χ1n) is 6.60. The minimum absolute atomic E-state index is 0.135. The van der Waals surface area contributed by atoms with Crippen LogP contribution in [-0.4, -0.2) is 31.8 Å². The second-order valence-electron chi connectivity index (χ2n) is 4.65. The largest absolute Gasteiger partial charge is 0.345 e. The molecule has 0 radical (unpaired) electrons. The zero-order valence-corrected chi connectivity index (χ0v) is 11.8. The van der Waals surface area contributed by atoms with Crippen LogP contribution in [0.2, 0.25) is 0 Å². The Morgan fingerprint density at radius 2 is 2.30 bits per heavy atom. The molecule has 0 saturated heterocycles. The number of aryl methyl sites for hydroxylation is 2. The normalized spacial score (nSPS) is 10.8. The predicted molar refractivity (Wildman–Crippen MR) is 75.0 cm³/mol. The lowest BCUT2D eigenvalue weighted by Gasteiger charge is -2.06. The van der Waals surface area contributed by atoms with Crippen LogP contribution in [0.3, 0.4) is 0 Å². The number of carbonyl (C=O) groups excluding carboxylic acids is 1. The van der Waals surface area contributed by atoms with Crippen molar-refractivity contribution >= 4 is 5.91 Å². The number of hydrogen-bond donors (Lipinski definition) is 2. The third-order valence-corrected chi connectivity index (χ3v) is 3.25. The fraction of sp³-hybridized carbons (Fsp3) is 0.462. The molecule has 2 rings (SSSR count). The Morgan fingerprint density at radius 1 is 1.50 bits per heavy atom. The molecule has 0 fully saturated rings. The first kappa shape index (κ1) is 14.3. The molecular formula is C13H20N6O. The summed E-state index contributed by atoms with van der Waals surface area (Å²) in [5.41, 5.74) is 6.93. The quantitative estimate of drug-likeness (QED) is 0.788. The number of rotatable bonds is 6. The summed E-state index contributed by atoms with van der Waals surface area (Å²) in [7, 11) is 1.89. The molecule has 1 amide bonds. The molecule has 0 unspecified atom stereocenters. The molecule has 2 aromatic rings. The van der Waals surface area contributed by atoms with Gasteiger partial charge in [0.2, 0.25) is 0 Å². The molecule has 0 aliphatic rings. The van der Waals surface area contributed by atoms with Crippen molar-refractivity contribution < 1.29 is 4.79 Å². The van der Waals surface area contributed by atoms with Crippen LogP contribution in [0.5, 0.6) is 0 Å². The van der Waals surface area contributed by atoms with E-state index < -0.39 is 0 Å². The maximum atomic E-state index is 12.1. The van der Waals surface area contributed by atoms with Gasteiger partial charge in [0.15, 0.2) is 0 Å². The van der Waals surface area contributed by atoms with E-state index in [9.17, 15) is 4.79 Å². The number of nitrogens with two attached hydrogens (primary N) is 1. The molecule has 108 valence electrons. The molecule has 2 heterocycles. The molecule has 0 aliphatic heterocycles. The first-order chi connectivity index (χ1) is 9.63. The molecule has 0 bridgehead atoms. The van der Waals surface area contributed by atoms with Crippen molar-refractivity contribution in [1.82, 2.24) is 24.6 Å². The van der Waals surface area contributed by atoms with Gasteiger partial charge in [-0.25, -0.2) is 4.98 Å². The highest BCUT2D eigenvalue weighted by molar-refractivity contribution is 5.94. The van der Waals surface area contributed by atoms with Crippen molar-refractivity contribution in [3.05, 3.63) is 35.7 Å². The molecule has 0 atom stereocenters. The zero-order valence-electron chi connectivity index (χ0n) is 11.8. The number of imidazole rings is 1. The van der Waals surface area contributed by atoms with Gasteiger partial charge < -0.3 is 15.6 Å². The number of aromatic nitrogens is 4. The third kappa shape index (κ3) is 3.05. The van der Waals surface area contributed by atoms with E-state index in [0.29, 0.717) is 18.7 Å². The van der Waals surface area contributed by atoms with Gasteiger partial charge in [0, 0.05) is 31.7 Å². The molecule has 7 nitrogen and oxygen atoms in total. The summed E-state index contributed by atoms with van der Waals surface area (Å²) in [5, 5.41) is 7.07. The minimum atomic E-state index is -0.135. The number of nitrogens with one attached hydrogen (secondary N) is 1. The molecule has 3 N–H and O–H groups in total. The molecule has 20 heavy (non-hydrogen) atoms. The van der Waals surface area contributed by atoms with Gasteiger partial charge in [-0.1, -0.05) is 0 Å². The van der Waals surface area contributed by atoms with Crippen LogP contribution in [0, 0.1) is 6.92 Å². The number of amides is 1. The topological polar surface area (TPSA) is 90.8 Å². The van der Waals surface area contributed by atoms with Crippen LogP contribution in [0.25, 0.3) is 0 Å². The van der Waals surface area contributed by atoms with Gasteiger partial charge in [0.25, 0.3) is 5.91 Å². The third-order valence-electron chi connectivity index (χ3n) is 3.25. The second-order valence-corrected chi connectivity index (χ2v) is 4.65. The minimum Gasteiger partial charge on any atom is -0.345 e.